The molecule has 0 aromatic heterocycles. The van der Waals surface area contributed by atoms with Crippen molar-refractivity contribution in [3.63, 3.8) is 0 Å². The molecule has 0 spiro atoms. The lowest BCUT2D eigenvalue weighted by Gasteiger charge is -2.15. The van der Waals surface area contributed by atoms with Crippen LogP contribution in [0.15, 0.2) is 42.5 Å². The summed E-state index contributed by atoms with van der Waals surface area (Å²) in [6, 6.07) is 11.8. The number of nitrogens with one attached hydrogen (secondary N) is 3. The highest BCUT2D eigenvalue weighted by molar-refractivity contribution is 6.00. The molecule has 0 saturated carbocycles. The van der Waals surface area contributed by atoms with Crippen LogP contribution in [0.3, 0.4) is 0 Å². The molecule has 2 aliphatic rings. The van der Waals surface area contributed by atoms with Crippen molar-refractivity contribution in [2.24, 2.45) is 0 Å². The fourth-order valence-corrected chi connectivity index (χ4v) is 2.71. The average Bonchev–Trinajstić information content (AvgIpc) is 3.24. The van der Waals surface area contributed by atoms with Crippen LogP contribution in [0.4, 0.5) is 26.7 Å². The normalized spacial score (nSPS) is 15.0. The molecule has 0 bridgehead atoms. The van der Waals surface area contributed by atoms with Crippen LogP contribution in [0.5, 0.6) is 11.5 Å². The van der Waals surface area contributed by atoms with Crippen LogP contribution in [0.1, 0.15) is 0 Å². The van der Waals surface area contributed by atoms with Crippen molar-refractivity contribution in [3.8, 4) is 11.5 Å². The summed E-state index contributed by atoms with van der Waals surface area (Å²) in [5.74, 6) is 1.26. The van der Waals surface area contributed by atoms with E-state index in [1.54, 1.807) is 47.4 Å². The summed E-state index contributed by atoms with van der Waals surface area (Å²) in [6.07, 6.45) is 0. The Hall–Kier alpha value is -3.42. The van der Waals surface area contributed by atoms with Gasteiger partial charge in [-0.05, 0) is 36.4 Å². The van der Waals surface area contributed by atoms with E-state index in [4.69, 9.17) is 9.47 Å². The Labute approximate surface area is 143 Å². The molecule has 0 unspecified atom stereocenters. The van der Waals surface area contributed by atoms with Gasteiger partial charge in [0, 0.05) is 36.2 Å². The summed E-state index contributed by atoms with van der Waals surface area (Å²) in [7, 11) is 0. The smallest absolute Gasteiger partial charge is 0.323 e. The van der Waals surface area contributed by atoms with E-state index >= 15 is 0 Å². The van der Waals surface area contributed by atoms with E-state index in [1.807, 2.05) is 0 Å². The predicted molar refractivity (Wildman–Crippen MR) is 92.4 cm³/mol. The zero-order chi connectivity index (χ0) is 17.2. The molecule has 4 amide bonds. The molecule has 2 aromatic rings. The van der Waals surface area contributed by atoms with E-state index in [0.29, 0.717) is 36.0 Å². The number of carbonyl (C=O) groups is 2. The summed E-state index contributed by atoms with van der Waals surface area (Å²) >= 11 is 0. The Kier molecular flexibility index (Phi) is 3.77. The number of rotatable bonds is 3. The molecule has 128 valence electrons. The van der Waals surface area contributed by atoms with Crippen molar-refractivity contribution in [2.75, 3.05) is 35.4 Å². The minimum absolute atomic E-state index is 0.110. The second-order valence-electron chi connectivity index (χ2n) is 5.58. The highest BCUT2D eigenvalue weighted by Crippen LogP contribution is 2.34. The summed E-state index contributed by atoms with van der Waals surface area (Å²) in [6.45, 7) is 1.46. The standard InChI is InChI=1S/C17H16N4O4/c22-16(20-12-3-6-14-15(9-12)25-10-24-14)19-11-1-4-13(5-2-11)21-8-7-18-17(21)23/h1-6,9H,7-8,10H2,(H,18,23)(H2,19,20,22). The van der Waals surface area contributed by atoms with Crippen molar-refractivity contribution in [1.29, 1.82) is 0 Å². The van der Waals surface area contributed by atoms with Crippen molar-refractivity contribution in [1.82, 2.24) is 5.32 Å². The molecule has 1 saturated heterocycles. The molecule has 8 nitrogen and oxygen atoms in total. The fourth-order valence-electron chi connectivity index (χ4n) is 2.71. The molecule has 1 fully saturated rings. The van der Waals surface area contributed by atoms with Crippen molar-refractivity contribution in [2.45, 2.75) is 0 Å². The molecule has 25 heavy (non-hydrogen) atoms. The average molecular weight is 340 g/mol. The van der Waals surface area contributed by atoms with Gasteiger partial charge in [-0.15, -0.1) is 0 Å². The SMILES string of the molecule is O=C(Nc1ccc(N2CCNC2=O)cc1)Nc1ccc2c(c1)OCO2. The third-order valence-corrected chi connectivity index (χ3v) is 3.92. The second-order valence-corrected chi connectivity index (χ2v) is 5.58. The zero-order valence-electron chi connectivity index (χ0n) is 13.2. The van der Waals surface area contributed by atoms with E-state index in [1.165, 1.54) is 0 Å². The van der Waals surface area contributed by atoms with Crippen molar-refractivity contribution >= 4 is 29.1 Å². The first-order chi connectivity index (χ1) is 12.2. The molecular weight excluding hydrogens is 324 g/mol. The van der Waals surface area contributed by atoms with Gasteiger partial charge in [0.25, 0.3) is 0 Å². The van der Waals surface area contributed by atoms with Crippen LogP contribution in [0.2, 0.25) is 0 Å². The molecule has 0 aliphatic carbocycles. The number of hydrogen-bond acceptors (Lipinski definition) is 4. The second kappa shape index (κ2) is 6.23. The van der Waals surface area contributed by atoms with Crippen LogP contribution in [-0.2, 0) is 0 Å². The van der Waals surface area contributed by atoms with E-state index < -0.39 is 0 Å². The number of carbonyl (C=O) groups excluding carboxylic acids is 2. The van der Waals surface area contributed by atoms with E-state index in [0.717, 1.165) is 5.69 Å². The first-order valence-electron chi connectivity index (χ1n) is 7.82. The maximum Gasteiger partial charge on any atom is 0.323 e. The van der Waals surface area contributed by atoms with Crippen molar-refractivity contribution in [3.05, 3.63) is 42.5 Å². The third-order valence-electron chi connectivity index (χ3n) is 3.92. The van der Waals surface area contributed by atoms with Crippen LogP contribution in [-0.4, -0.2) is 31.9 Å². The molecule has 3 N–H and O–H groups in total. The van der Waals surface area contributed by atoms with Gasteiger partial charge in [0.1, 0.15) is 0 Å². The summed E-state index contributed by atoms with van der Waals surface area (Å²) in [4.78, 5) is 25.4. The number of anilines is 3. The van der Waals surface area contributed by atoms with Gasteiger partial charge in [-0.25, -0.2) is 9.59 Å². The van der Waals surface area contributed by atoms with Crippen LogP contribution in [0, 0.1) is 0 Å². The molecule has 8 heteroatoms. The maximum absolute atomic E-state index is 12.1. The Balaban J connectivity index is 1.38. The number of benzene rings is 2. The summed E-state index contributed by atoms with van der Waals surface area (Å²) < 4.78 is 10.5. The van der Waals surface area contributed by atoms with Gasteiger partial charge in [0.2, 0.25) is 6.79 Å². The Bertz CT molecular complexity index is 822. The highest BCUT2D eigenvalue weighted by atomic mass is 16.7. The topological polar surface area (TPSA) is 91.9 Å². The minimum Gasteiger partial charge on any atom is -0.454 e. The monoisotopic (exact) mass is 340 g/mol. The van der Waals surface area contributed by atoms with E-state index in [2.05, 4.69) is 16.0 Å². The largest absolute Gasteiger partial charge is 0.454 e. The van der Waals surface area contributed by atoms with Gasteiger partial charge in [0.15, 0.2) is 11.5 Å². The Morgan fingerprint density at radius 2 is 1.72 bits per heavy atom. The highest BCUT2D eigenvalue weighted by Gasteiger charge is 2.20. The number of fused-ring (bicyclic) bond motifs is 1. The van der Waals surface area contributed by atoms with E-state index in [9.17, 15) is 9.59 Å². The van der Waals surface area contributed by atoms with Gasteiger partial charge in [-0.2, -0.15) is 0 Å². The first kappa shape index (κ1) is 15.1. The number of urea groups is 2. The number of ether oxygens (including phenoxy) is 2. The maximum atomic E-state index is 12.1. The lowest BCUT2D eigenvalue weighted by Crippen LogP contribution is -2.27. The molecule has 0 radical (unpaired) electrons. The summed E-state index contributed by atoms with van der Waals surface area (Å²) in [5, 5.41) is 8.23. The summed E-state index contributed by atoms with van der Waals surface area (Å²) in [5.41, 5.74) is 2.02. The lowest BCUT2D eigenvalue weighted by molar-refractivity contribution is 0.174. The molecule has 2 heterocycles. The molecule has 2 aliphatic heterocycles. The van der Waals surface area contributed by atoms with Gasteiger partial charge in [-0.1, -0.05) is 0 Å². The third kappa shape index (κ3) is 3.14. The molecule has 4 rings (SSSR count). The Morgan fingerprint density at radius 1 is 1.00 bits per heavy atom. The molecular formula is C17H16N4O4. The van der Waals surface area contributed by atoms with Gasteiger partial charge < -0.3 is 25.4 Å². The van der Waals surface area contributed by atoms with Crippen molar-refractivity contribution < 1.29 is 19.1 Å². The molecule has 0 atom stereocenters. The van der Waals surface area contributed by atoms with Crippen LogP contribution < -0.4 is 30.3 Å². The number of amides is 4. The van der Waals surface area contributed by atoms with E-state index in [-0.39, 0.29) is 18.9 Å². The predicted octanol–water partition coefficient (Wildman–Crippen LogP) is 2.59. The quantitative estimate of drug-likeness (QED) is 0.801. The number of hydrogen-bond donors (Lipinski definition) is 3. The fraction of sp³-hybridized carbons (Fsp3) is 0.176. The minimum atomic E-state index is -0.370. The first-order valence-corrected chi connectivity index (χ1v) is 7.82. The number of nitrogens with zero attached hydrogens (tertiary/aromatic N) is 1. The van der Waals surface area contributed by atoms with Gasteiger partial charge in [-0.3, -0.25) is 4.90 Å². The van der Waals surface area contributed by atoms with Gasteiger partial charge in [0.05, 0.1) is 0 Å². The van der Waals surface area contributed by atoms with Crippen LogP contribution in [0.25, 0.3) is 0 Å². The zero-order valence-corrected chi connectivity index (χ0v) is 13.2. The Morgan fingerprint density at radius 3 is 2.48 bits per heavy atom. The van der Waals surface area contributed by atoms with Crippen LogP contribution >= 0.6 is 0 Å². The van der Waals surface area contributed by atoms with Gasteiger partial charge >= 0.3 is 12.1 Å². The lowest BCUT2D eigenvalue weighted by atomic mass is 10.2. The molecule has 2 aromatic carbocycles.